The zero-order chi connectivity index (χ0) is 18.5. The molecule has 0 aliphatic rings. The fourth-order valence-electron chi connectivity index (χ4n) is 2.52. The number of fused-ring (bicyclic) bond motifs is 1. The third-order valence-corrected chi connectivity index (χ3v) is 3.75. The number of carbonyl (C=O) groups is 1. The Balaban J connectivity index is 2.06. The van der Waals surface area contributed by atoms with E-state index in [4.69, 9.17) is 14.2 Å². The number of amides is 1. The lowest BCUT2D eigenvalue weighted by Gasteiger charge is -2.13. The minimum absolute atomic E-state index is 0.294. The summed E-state index contributed by atoms with van der Waals surface area (Å²) >= 11 is 0. The topological polar surface area (TPSA) is 93.5 Å². The molecule has 0 aliphatic heterocycles. The first kappa shape index (κ1) is 17.0. The highest BCUT2D eigenvalue weighted by atomic mass is 16.5. The van der Waals surface area contributed by atoms with Gasteiger partial charge in [-0.1, -0.05) is 0 Å². The third-order valence-electron chi connectivity index (χ3n) is 3.75. The molecular formula is C19H15N3O4. The first-order valence-electron chi connectivity index (χ1n) is 7.63. The van der Waals surface area contributed by atoms with Gasteiger partial charge in [0.1, 0.15) is 17.6 Å². The Morgan fingerprint density at radius 2 is 1.81 bits per heavy atom. The standard InChI is InChI=1S/C19H15N3O4/c1-24-18-8-14-15(9-19(18)25-2)21-6-5-17(14)26-16-4-3-13(22-11-23)7-12(16)10-20/h3-9,11H,1-2H3,(H,22,23). The van der Waals surface area contributed by atoms with E-state index in [0.29, 0.717) is 51.6 Å². The molecule has 130 valence electrons. The number of benzene rings is 2. The Morgan fingerprint density at radius 1 is 1.04 bits per heavy atom. The molecule has 0 unspecified atom stereocenters. The molecule has 0 fully saturated rings. The van der Waals surface area contributed by atoms with Crippen molar-refractivity contribution in [3.8, 4) is 29.1 Å². The molecule has 3 aromatic rings. The minimum Gasteiger partial charge on any atom is -0.493 e. The molecule has 0 saturated carbocycles. The number of hydrogen-bond donors (Lipinski definition) is 1. The van der Waals surface area contributed by atoms with Crippen LogP contribution >= 0.6 is 0 Å². The van der Waals surface area contributed by atoms with Gasteiger partial charge in [0.15, 0.2) is 11.5 Å². The van der Waals surface area contributed by atoms with Gasteiger partial charge in [-0.15, -0.1) is 0 Å². The maximum absolute atomic E-state index is 10.6. The van der Waals surface area contributed by atoms with E-state index < -0.39 is 0 Å². The Bertz CT molecular complexity index is 1010. The Morgan fingerprint density at radius 3 is 2.50 bits per heavy atom. The van der Waals surface area contributed by atoms with Crippen LogP contribution in [0.15, 0.2) is 42.6 Å². The van der Waals surface area contributed by atoms with Crippen molar-refractivity contribution in [2.45, 2.75) is 0 Å². The molecule has 0 bridgehead atoms. The van der Waals surface area contributed by atoms with Crippen LogP contribution in [0, 0.1) is 11.3 Å². The van der Waals surface area contributed by atoms with Crippen LogP contribution in [0.1, 0.15) is 5.56 Å². The van der Waals surface area contributed by atoms with Gasteiger partial charge < -0.3 is 19.5 Å². The number of ether oxygens (including phenoxy) is 3. The zero-order valence-corrected chi connectivity index (χ0v) is 14.1. The Labute approximate surface area is 149 Å². The third kappa shape index (κ3) is 3.21. The number of anilines is 1. The number of pyridine rings is 1. The summed E-state index contributed by atoms with van der Waals surface area (Å²) < 4.78 is 16.6. The SMILES string of the molecule is COc1cc2nccc(Oc3ccc(NC=O)cc3C#N)c2cc1OC. The molecule has 0 spiro atoms. The number of nitrogens with one attached hydrogen (secondary N) is 1. The maximum atomic E-state index is 10.6. The number of hydrogen-bond acceptors (Lipinski definition) is 6. The second-order valence-corrected chi connectivity index (χ2v) is 5.22. The van der Waals surface area contributed by atoms with E-state index in [9.17, 15) is 10.1 Å². The van der Waals surface area contributed by atoms with Crippen LogP contribution in [-0.2, 0) is 4.79 Å². The quantitative estimate of drug-likeness (QED) is 0.685. The van der Waals surface area contributed by atoms with Crippen molar-refractivity contribution in [2.24, 2.45) is 0 Å². The van der Waals surface area contributed by atoms with Crippen molar-refractivity contribution in [3.05, 3.63) is 48.2 Å². The molecular weight excluding hydrogens is 334 g/mol. The van der Waals surface area contributed by atoms with E-state index in [1.54, 1.807) is 50.7 Å². The Hall–Kier alpha value is -3.79. The monoisotopic (exact) mass is 349 g/mol. The van der Waals surface area contributed by atoms with E-state index in [1.807, 2.05) is 0 Å². The lowest BCUT2D eigenvalue weighted by atomic mass is 10.1. The largest absolute Gasteiger partial charge is 0.493 e. The van der Waals surface area contributed by atoms with Crippen LogP contribution in [0.2, 0.25) is 0 Å². The highest BCUT2D eigenvalue weighted by Crippen LogP contribution is 2.37. The maximum Gasteiger partial charge on any atom is 0.211 e. The van der Waals surface area contributed by atoms with Gasteiger partial charge in [0, 0.05) is 23.3 Å². The van der Waals surface area contributed by atoms with E-state index in [-0.39, 0.29) is 0 Å². The summed E-state index contributed by atoms with van der Waals surface area (Å²) in [5.41, 5.74) is 1.47. The molecule has 1 N–H and O–H groups in total. The fraction of sp³-hybridized carbons (Fsp3) is 0.105. The van der Waals surface area contributed by atoms with Crippen molar-refractivity contribution in [3.63, 3.8) is 0 Å². The van der Waals surface area contributed by atoms with Crippen LogP contribution in [0.3, 0.4) is 0 Å². The highest BCUT2D eigenvalue weighted by Gasteiger charge is 2.13. The minimum atomic E-state index is 0.294. The van der Waals surface area contributed by atoms with Crippen LogP contribution < -0.4 is 19.5 Å². The number of nitrogens with zero attached hydrogens (tertiary/aromatic N) is 2. The van der Waals surface area contributed by atoms with Crippen molar-refractivity contribution < 1.29 is 19.0 Å². The van der Waals surface area contributed by atoms with Crippen LogP contribution in [0.5, 0.6) is 23.0 Å². The average Bonchev–Trinajstić information content (AvgIpc) is 2.68. The van der Waals surface area contributed by atoms with Crippen molar-refractivity contribution in [1.82, 2.24) is 4.98 Å². The predicted molar refractivity (Wildman–Crippen MR) is 95.8 cm³/mol. The lowest BCUT2D eigenvalue weighted by molar-refractivity contribution is -0.105. The average molecular weight is 349 g/mol. The number of nitriles is 1. The van der Waals surface area contributed by atoms with Crippen molar-refractivity contribution >= 4 is 23.0 Å². The van der Waals surface area contributed by atoms with Crippen molar-refractivity contribution in [2.75, 3.05) is 19.5 Å². The first-order valence-corrected chi connectivity index (χ1v) is 7.63. The number of carbonyl (C=O) groups excluding carboxylic acids is 1. The molecule has 0 atom stereocenters. The smallest absolute Gasteiger partial charge is 0.211 e. The molecule has 0 radical (unpaired) electrons. The van der Waals surface area contributed by atoms with Gasteiger partial charge in [0.05, 0.1) is 25.3 Å². The van der Waals surface area contributed by atoms with Gasteiger partial charge in [-0.25, -0.2) is 0 Å². The van der Waals surface area contributed by atoms with E-state index >= 15 is 0 Å². The molecule has 7 heteroatoms. The van der Waals surface area contributed by atoms with Gasteiger partial charge in [-0.2, -0.15) is 5.26 Å². The molecule has 7 nitrogen and oxygen atoms in total. The summed E-state index contributed by atoms with van der Waals surface area (Å²) in [7, 11) is 3.10. The van der Waals surface area contributed by atoms with Gasteiger partial charge in [0.25, 0.3) is 0 Å². The van der Waals surface area contributed by atoms with Crippen molar-refractivity contribution in [1.29, 1.82) is 5.26 Å². The van der Waals surface area contributed by atoms with E-state index in [1.165, 1.54) is 6.07 Å². The Kier molecular flexibility index (Phi) is 4.85. The summed E-state index contributed by atoms with van der Waals surface area (Å²) in [5.74, 6) is 1.99. The van der Waals surface area contributed by atoms with Gasteiger partial charge in [-0.05, 0) is 30.3 Å². The molecule has 3 rings (SSSR count). The fourth-order valence-corrected chi connectivity index (χ4v) is 2.52. The van der Waals surface area contributed by atoms with E-state index in [0.717, 1.165) is 0 Å². The number of aromatic nitrogens is 1. The highest BCUT2D eigenvalue weighted by molar-refractivity contribution is 5.88. The lowest BCUT2D eigenvalue weighted by Crippen LogP contribution is -1.96. The summed E-state index contributed by atoms with van der Waals surface area (Å²) in [6.45, 7) is 0. The van der Waals surface area contributed by atoms with Gasteiger partial charge in [-0.3, -0.25) is 9.78 Å². The van der Waals surface area contributed by atoms with Crippen LogP contribution in [0.25, 0.3) is 10.9 Å². The predicted octanol–water partition coefficient (Wildman–Crippen LogP) is 3.48. The molecule has 1 amide bonds. The van der Waals surface area contributed by atoms with Gasteiger partial charge in [0.2, 0.25) is 6.41 Å². The molecule has 0 saturated heterocycles. The summed E-state index contributed by atoms with van der Waals surface area (Å²) in [5, 5.41) is 12.6. The molecule has 0 aliphatic carbocycles. The second kappa shape index (κ2) is 7.40. The van der Waals surface area contributed by atoms with Crippen LogP contribution in [-0.4, -0.2) is 25.6 Å². The van der Waals surface area contributed by atoms with E-state index in [2.05, 4.69) is 16.4 Å². The molecule has 1 aromatic heterocycles. The first-order chi connectivity index (χ1) is 12.7. The molecule has 26 heavy (non-hydrogen) atoms. The molecule has 1 heterocycles. The number of methoxy groups -OCH3 is 2. The summed E-state index contributed by atoms with van der Waals surface area (Å²) in [6.07, 6.45) is 2.16. The summed E-state index contributed by atoms with van der Waals surface area (Å²) in [6, 6.07) is 12.1. The number of rotatable bonds is 6. The van der Waals surface area contributed by atoms with Crippen LogP contribution in [0.4, 0.5) is 5.69 Å². The zero-order valence-electron chi connectivity index (χ0n) is 14.1. The molecule has 2 aromatic carbocycles. The normalized spacial score (nSPS) is 10.0. The summed E-state index contributed by atoms with van der Waals surface area (Å²) in [4.78, 5) is 14.9. The van der Waals surface area contributed by atoms with Gasteiger partial charge >= 0.3 is 0 Å². The second-order valence-electron chi connectivity index (χ2n) is 5.22.